The fraction of sp³-hybridized carbons (Fsp3) is 0.611. The summed E-state index contributed by atoms with van der Waals surface area (Å²) in [5.74, 6) is -7.98. The second-order valence-electron chi connectivity index (χ2n) is 29.1. The lowest BCUT2D eigenvalue weighted by Gasteiger charge is -2.35. The molecule has 3 fully saturated rings. The van der Waals surface area contributed by atoms with Gasteiger partial charge in [-0.2, -0.15) is 20.7 Å². The van der Waals surface area contributed by atoms with E-state index in [1.165, 1.54) is 42.0 Å². The molecule has 3 heterocycles. The standard InChI is InChI=1S/C72H98N10O12/c1-41(2)31-55-67(87)91-45(9)63(83)77(15)58(34-44(7)8)70(90)94-60(36-48-21-25-50(26-22-48)40-82-54(28-30-76-82)62-52(38-74)72(62,13)14)66(86)80(18)56(32-42(3)4)68(88)92-46(10)64(84)78(16)57(33-43(5)6)69(89)93-59(65(85)79(55)17)35-47-19-23-49(24-20-47)39-81-53(27-29-75-81)61-51(37-73)71(61,11)12/h19-30,41-46,51-52,55-62H,31-36,39-40H2,1-18H3/t45-,46-,51-,52+,55+,56+,57+,58+,59-,60-,61+,62-/m1/s1. The summed E-state index contributed by atoms with van der Waals surface area (Å²) in [6.07, 6.45) is -2.89. The zero-order chi connectivity index (χ0) is 69.6. The monoisotopic (exact) mass is 1290 g/mol. The van der Waals surface area contributed by atoms with Crippen molar-refractivity contribution in [1.29, 1.82) is 10.5 Å². The number of amides is 4. The first kappa shape index (κ1) is 73.0. The molecule has 94 heavy (non-hydrogen) atoms. The molecule has 508 valence electrons. The third kappa shape index (κ3) is 16.9. The summed E-state index contributed by atoms with van der Waals surface area (Å²) in [5, 5.41) is 28.8. The molecule has 22 heteroatoms. The molecule has 2 aromatic carbocycles. The smallest absolute Gasteiger partial charge is 0.329 e. The molecule has 0 radical (unpaired) electrons. The van der Waals surface area contributed by atoms with E-state index in [0.717, 1.165) is 42.1 Å². The molecule has 4 amide bonds. The second kappa shape index (κ2) is 30.3. The summed E-state index contributed by atoms with van der Waals surface area (Å²) in [6.45, 7) is 26.5. The molecule has 1 aliphatic heterocycles. The molecule has 3 aliphatic rings. The molecule has 0 spiro atoms. The van der Waals surface area contributed by atoms with Gasteiger partial charge in [0.25, 0.3) is 23.6 Å². The molecular weight excluding hydrogens is 1200 g/mol. The van der Waals surface area contributed by atoms with Gasteiger partial charge in [-0.1, -0.05) is 132 Å². The van der Waals surface area contributed by atoms with Crippen molar-refractivity contribution in [2.75, 3.05) is 28.2 Å². The molecule has 2 aliphatic carbocycles. The third-order valence-electron chi connectivity index (χ3n) is 19.1. The number of likely N-dealkylation sites (N-methyl/N-ethyl adjacent to an activating group) is 4. The van der Waals surface area contributed by atoms with Crippen molar-refractivity contribution >= 4 is 47.5 Å². The van der Waals surface area contributed by atoms with Gasteiger partial charge >= 0.3 is 23.9 Å². The topological polar surface area (TPSA) is 270 Å². The number of carbonyl (C=O) groups excluding carboxylic acids is 8. The Morgan fingerprint density at radius 1 is 0.426 bits per heavy atom. The van der Waals surface area contributed by atoms with Crippen LogP contribution >= 0.6 is 0 Å². The number of benzene rings is 2. The van der Waals surface area contributed by atoms with E-state index in [1.54, 1.807) is 36.7 Å². The van der Waals surface area contributed by atoms with Gasteiger partial charge in [-0.3, -0.25) is 28.5 Å². The van der Waals surface area contributed by atoms with E-state index in [1.807, 2.05) is 101 Å². The van der Waals surface area contributed by atoms with Crippen molar-refractivity contribution < 1.29 is 57.3 Å². The van der Waals surface area contributed by atoms with Crippen LogP contribution in [-0.2, 0) is 83.2 Å². The van der Waals surface area contributed by atoms with Crippen molar-refractivity contribution in [3.8, 4) is 12.1 Å². The van der Waals surface area contributed by atoms with Crippen LogP contribution in [0.5, 0.6) is 0 Å². The van der Waals surface area contributed by atoms with E-state index in [-0.39, 0.29) is 96.7 Å². The van der Waals surface area contributed by atoms with E-state index in [4.69, 9.17) is 18.9 Å². The summed E-state index contributed by atoms with van der Waals surface area (Å²) < 4.78 is 28.2. The van der Waals surface area contributed by atoms with Crippen LogP contribution in [0.2, 0.25) is 0 Å². The van der Waals surface area contributed by atoms with Crippen LogP contribution in [0.15, 0.2) is 73.1 Å². The number of cyclic esters (lactones) is 4. The first-order valence-corrected chi connectivity index (χ1v) is 33.0. The van der Waals surface area contributed by atoms with E-state index in [0.29, 0.717) is 24.2 Å². The zero-order valence-electron chi connectivity index (χ0n) is 58.2. The quantitative estimate of drug-likeness (QED) is 0.0665. The lowest BCUT2D eigenvalue weighted by Crippen LogP contribution is -2.55. The van der Waals surface area contributed by atoms with Gasteiger partial charge in [-0.25, -0.2) is 19.2 Å². The van der Waals surface area contributed by atoms with Gasteiger partial charge in [0, 0.05) is 76.6 Å². The third-order valence-corrected chi connectivity index (χ3v) is 19.1. The van der Waals surface area contributed by atoms with Crippen molar-refractivity contribution in [3.05, 3.63) is 107 Å². The molecule has 2 saturated carbocycles. The number of rotatable bonds is 18. The Balaban J connectivity index is 1.23. The molecule has 2 aromatic heterocycles. The van der Waals surface area contributed by atoms with Crippen LogP contribution in [0.1, 0.15) is 168 Å². The number of hydrogen-bond acceptors (Lipinski definition) is 16. The van der Waals surface area contributed by atoms with Crippen LogP contribution in [0, 0.1) is 69.0 Å². The van der Waals surface area contributed by atoms with Gasteiger partial charge in [-0.15, -0.1) is 0 Å². The highest BCUT2D eigenvalue weighted by molar-refractivity contribution is 5.94. The zero-order valence-corrected chi connectivity index (χ0v) is 58.2. The minimum absolute atomic E-state index is 0.0208. The molecule has 0 N–H and O–H groups in total. The molecular formula is C72H98N10O12. The van der Waals surface area contributed by atoms with Gasteiger partial charge in [0.15, 0.2) is 24.4 Å². The number of carbonyl (C=O) groups is 8. The van der Waals surface area contributed by atoms with E-state index in [2.05, 4.69) is 50.0 Å². The van der Waals surface area contributed by atoms with Crippen molar-refractivity contribution in [3.63, 3.8) is 0 Å². The van der Waals surface area contributed by atoms with Gasteiger partial charge in [0.05, 0.1) is 37.1 Å². The van der Waals surface area contributed by atoms with Crippen LogP contribution in [0.3, 0.4) is 0 Å². The first-order chi connectivity index (χ1) is 44.1. The Labute approximate surface area is 554 Å². The Bertz CT molecular complexity index is 3220. The fourth-order valence-electron chi connectivity index (χ4n) is 13.2. The van der Waals surface area contributed by atoms with Crippen LogP contribution in [-0.4, -0.2) is 163 Å². The number of ether oxygens (including phenoxy) is 4. The number of nitrogens with zero attached hydrogens (tertiary/aromatic N) is 10. The van der Waals surface area contributed by atoms with Crippen molar-refractivity contribution in [2.45, 2.75) is 209 Å². The maximum Gasteiger partial charge on any atom is 0.329 e. The van der Waals surface area contributed by atoms with Crippen LogP contribution < -0.4 is 0 Å². The lowest BCUT2D eigenvalue weighted by molar-refractivity contribution is -0.176. The average Bonchev–Trinajstić information content (AvgIpc) is 1.58. The number of nitriles is 2. The first-order valence-electron chi connectivity index (χ1n) is 33.0. The summed E-state index contributed by atoms with van der Waals surface area (Å²) in [4.78, 5) is 123. The van der Waals surface area contributed by atoms with E-state index >= 15 is 9.59 Å². The SMILES string of the molecule is CC(C)C[C@H]1C(=O)O[C@H](Cc2ccc(Cn3nccc3[C@H]3[C@H](C#N)C3(C)C)cc2)C(=O)N(C)[C@@H](CC(C)C)C(=O)O[C@H](C)C(=O)N(C)[C@@H](CC(C)C)C(=O)O[C@H](Cc2ccc(Cn3nccc3[C@@H]3[C@@H](C#N)C3(C)C)cc2)C(=O)N(C)[C@@H](CC(C)C)C(=O)O[C@H](C)C(=O)N1C. The molecule has 0 bridgehead atoms. The summed E-state index contributed by atoms with van der Waals surface area (Å²) in [5.41, 5.74) is 4.40. The molecule has 22 nitrogen and oxygen atoms in total. The van der Waals surface area contributed by atoms with Crippen LogP contribution in [0.25, 0.3) is 0 Å². The van der Waals surface area contributed by atoms with Gasteiger partial charge in [-0.05, 0) is 108 Å². The lowest BCUT2D eigenvalue weighted by atomic mass is 9.99. The van der Waals surface area contributed by atoms with Gasteiger partial charge < -0.3 is 38.5 Å². The Kier molecular flexibility index (Phi) is 23.6. The normalized spacial score (nSPS) is 26.9. The van der Waals surface area contributed by atoms with Crippen LogP contribution in [0.4, 0.5) is 0 Å². The molecule has 4 aromatic rings. The number of aromatic nitrogens is 4. The molecule has 12 atom stereocenters. The summed E-state index contributed by atoms with van der Waals surface area (Å²) >= 11 is 0. The predicted molar refractivity (Wildman–Crippen MR) is 349 cm³/mol. The number of esters is 4. The molecule has 7 rings (SSSR count). The Hall–Kier alpha value is -8.40. The van der Waals surface area contributed by atoms with Gasteiger partial charge in [0.2, 0.25) is 0 Å². The maximum absolute atomic E-state index is 15.2. The van der Waals surface area contributed by atoms with E-state index in [9.17, 15) is 39.3 Å². The second-order valence-corrected chi connectivity index (χ2v) is 29.1. The van der Waals surface area contributed by atoms with Crippen molar-refractivity contribution in [2.24, 2.45) is 46.3 Å². The number of hydrogen-bond donors (Lipinski definition) is 0. The minimum Gasteiger partial charge on any atom is -0.451 e. The fourth-order valence-corrected chi connectivity index (χ4v) is 13.2. The predicted octanol–water partition coefficient (Wildman–Crippen LogP) is 8.68. The highest BCUT2D eigenvalue weighted by Gasteiger charge is 2.61. The average molecular weight is 1300 g/mol. The molecule has 0 unspecified atom stereocenters. The Morgan fingerprint density at radius 3 is 0.957 bits per heavy atom. The highest BCUT2D eigenvalue weighted by atomic mass is 16.6. The minimum atomic E-state index is -1.58. The maximum atomic E-state index is 15.2. The summed E-state index contributed by atoms with van der Waals surface area (Å²) in [7, 11) is 5.54. The summed E-state index contributed by atoms with van der Waals surface area (Å²) in [6, 6.07) is 18.1. The van der Waals surface area contributed by atoms with Crippen molar-refractivity contribution in [1.82, 2.24) is 39.2 Å². The largest absolute Gasteiger partial charge is 0.451 e. The molecule has 1 saturated heterocycles. The highest BCUT2D eigenvalue weighted by Crippen LogP contribution is 2.64. The van der Waals surface area contributed by atoms with Gasteiger partial charge in [0.1, 0.15) is 24.2 Å². The Morgan fingerprint density at radius 2 is 0.691 bits per heavy atom. The van der Waals surface area contributed by atoms with E-state index < -0.39 is 96.1 Å².